The molecule has 1 atom stereocenters. The third kappa shape index (κ3) is 12.9. The minimum absolute atomic E-state index is 0.0160. The highest BCUT2D eigenvalue weighted by Crippen LogP contribution is 2.15. The summed E-state index contributed by atoms with van der Waals surface area (Å²) in [7, 11) is 0. The highest BCUT2D eigenvalue weighted by molar-refractivity contribution is 7.11. The van der Waals surface area contributed by atoms with Gasteiger partial charge in [-0.1, -0.05) is 43.4 Å². The summed E-state index contributed by atoms with van der Waals surface area (Å²) in [6.07, 6.45) is 8.38. The Morgan fingerprint density at radius 3 is 2.38 bits per heavy atom. The molecule has 1 saturated carbocycles. The third-order valence-corrected chi connectivity index (χ3v) is 4.21. The first kappa shape index (κ1) is 22.7. The van der Waals surface area contributed by atoms with Crippen molar-refractivity contribution in [3.8, 4) is 5.19 Å². The lowest BCUT2D eigenvalue weighted by Crippen LogP contribution is -2.42. The molecule has 0 bridgehead atoms. The van der Waals surface area contributed by atoms with E-state index in [4.69, 9.17) is 4.74 Å². The van der Waals surface area contributed by atoms with E-state index in [0.29, 0.717) is 24.9 Å². The van der Waals surface area contributed by atoms with E-state index in [9.17, 15) is 9.90 Å². The van der Waals surface area contributed by atoms with Crippen LogP contribution in [0.1, 0.15) is 52.9 Å². The molecule has 1 aromatic rings. The fourth-order valence-corrected chi connectivity index (χ4v) is 2.66. The molecule has 2 fully saturated rings. The third-order valence-electron chi connectivity index (χ3n) is 3.53. The van der Waals surface area contributed by atoms with Crippen LogP contribution in [0.5, 0.6) is 5.19 Å². The molecular weight excluding hydrogens is 354 g/mol. The number of ether oxygens (including phenoxy) is 2. The number of aliphatic hydroxyl groups excluding tert-OH is 1. The number of amides is 1. The number of nitrogens with one attached hydrogen (secondary N) is 2. The van der Waals surface area contributed by atoms with Gasteiger partial charge in [0.25, 0.3) is 5.19 Å². The normalized spacial score (nSPS) is 17.2. The smallest absolute Gasteiger partial charge is 0.407 e. The lowest BCUT2D eigenvalue weighted by atomic mass is 10.1. The molecule has 150 valence electrons. The van der Waals surface area contributed by atoms with Gasteiger partial charge >= 0.3 is 6.09 Å². The van der Waals surface area contributed by atoms with E-state index in [-0.39, 0.29) is 18.2 Å². The maximum Gasteiger partial charge on any atom is 0.407 e. The van der Waals surface area contributed by atoms with E-state index in [1.54, 1.807) is 6.20 Å². The minimum atomic E-state index is -0.506. The molecule has 7 nitrogen and oxygen atoms in total. The predicted octanol–water partition coefficient (Wildman–Crippen LogP) is 2.95. The van der Waals surface area contributed by atoms with E-state index in [2.05, 4.69) is 41.1 Å². The van der Waals surface area contributed by atoms with Gasteiger partial charge in [0.15, 0.2) is 0 Å². The summed E-state index contributed by atoms with van der Waals surface area (Å²) < 4.78 is 9.69. The summed E-state index contributed by atoms with van der Waals surface area (Å²) in [4.78, 5) is 13.9. The molecule has 1 saturated heterocycles. The Morgan fingerprint density at radius 1 is 1.35 bits per heavy atom. The average Bonchev–Trinajstić information content (AvgIpc) is 3.34. The maximum atomic E-state index is 9.91. The number of nitrogens with zero attached hydrogens (tertiary/aromatic N) is 1. The first-order valence-electron chi connectivity index (χ1n) is 9.23. The van der Waals surface area contributed by atoms with Gasteiger partial charge in [-0.2, -0.15) is 0 Å². The monoisotopic (exact) mass is 387 g/mol. The Labute approximate surface area is 160 Å². The van der Waals surface area contributed by atoms with Gasteiger partial charge in [0.1, 0.15) is 19.3 Å². The Bertz CT molecular complexity index is 458. The molecule has 3 rings (SSSR count). The van der Waals surface area contributed by atoms with Gasteiger partial charge in [0.05, 0.1) is 6.54 Å². The van der Waals surface area contributed by atoms with E-state index < -0.39 is 6.10 Å². The van der Waals surface area contributed by atoms with Crippen LogP contribution in [0, 0.1) is 0 Å². The second-order valence-electron chi connectivity index (χ2n) is 7.22. The molecule has 1 aliphatic heterocycles. The second kappa shape index (κ2) is 12.9. The summed E-state index contributed by atoms with van der Waals surface area (Å²) in [5.41, 5.74) is 0.0160. The topological polar surface area (TPSA) is 92.7 Å². The van der Waals surface area contributed by atoms with Crippen molar-refractivity contribution in [2.45, 2.75) is 64.5 Å². The zero-order valence-electron chi connectivity index (χ0n) is 16.1. The second-order valence-corrected chi connectivity index (χ2v) is 8.08. The molecule has 2 heterocycles. The highest BCUT2D eigenvalue weighted by Gasteiger charge is 2.12. The SMILES string of the molecule is C1CCCC1.CC(C)(C)NCC(O)COc1nccs1.O=C1NCCO1. The standard InChI is InChI=1S/C10H18N2O2S.C5H10.C3H5NO2/c1-10(2,3)12-6-8(13)7-14-9-11-4-5-15-9;1-2-4-5-3-1;5-3-4-1-2-6-3/h4-5,8,12-13H,6-7H2,1-3H3;1-5H2;1-2H2,(H,4,5). The van der Waals surface area contributed by atoms with Crippen molar-refractivity contribution in [3.63, 3.8) is 0 Å². The maximum absolute atomic E-state index is 9.91. The van der Waals surface area contributed by atoms with E-state index in [0.717, 1.165) is 0 Å². The summed E-state index contributed by atoms with van der Waals surface area (Å²) >= 11 is 1.42. The minimum Gasteiger partial charge on any atom is -0.467 e. The van der Waals surface area contributed by atoms with Crippen molar-refractivity contribution < 1.29 is 19.4 Å². The first-order valence-corrected chi connectivity index (χ1v) is 10.1. The van der Waals surface area contributed by atoms with E-state index in [1.807, 2.05) is 5.38 Å². The Kier molecular flexibility index (Phi) is 11.2. The molecule has 1 amide bonds. The Hall–Kier alpha value is -1.38. The number of carbonyl (C=O) groups excluding carboxylic acids is 1. The van der Waals surface area contributed by atoms with Gasteiger partial charge in [-0.15, -0.1) is 0 Å². The van der Waals surface area contributed by atoms with Crippen LogP contribution in [0.2, 0.25) is 0 Å². The van der Waals surface area contributed by atoms with Gasteiger partial charge in [0.2, 0.25) is 0 Å². The molecule has 8 heteroatoms. The number of aliphatic hydroxyl groups is 1. The summed E-state index contributed by atoms with van der Waals surface area (Å²) in [6.45, 7) is 8.16. The summed E-state index contributed by atoms with van der Waals surface area (Å²) in [5, 5.41) is 17.7. The zero-order chi connectivity index (χ0) is 19.3. The number of rotatable bonds is 5. The van der Waals surface area contributed by atoms with Crippen LogP contribution in [0.25, 0.3) is 0 Å². The largest absolute Gasteiger partial charge is 0.467 e. The molecule has 1 aliphatic carbocycles. The average molecular weight is 388 g/mol. The van der Waals surface area contributed by atoms with Gasteiger partial charge in [-0.3, -0.25) is 0 Å². The molecule has 1 aromatic heterocycles. The molecule has 0 radical (unpaired) electrons. The number of thiazole rings is 1. The number of hydrogen-bond donors (Lipinski definition) is 3. The van der Waals surface area contributed by atoms with Crippen LogP contribution >= 0.6 is 11.3 Å². The van der Waals surface area contributed by atoms with Crippen LogP contribution in [-0.2, 0) is 4.74 Å². The zero-order valence-corrected chi connectivity index (χ0v) is 16.9. The van der Waals surface area contributed by atoms with Crippen molar-refractivity contribution in [3.05, 3.63) is 11.6 Å². The Balaban J connectivity index is 0.000000247. The lowest BCUT2D eigenvalue weighted by Gasteiger charge is -2.22. The number of carbonyl (C=O) groups is 1. The predicted molar refractivity (Wildman–Crippen MR) is 104 cm³/mol. The van der Waals surface area contributed by atoms with Crippen molar-refractivity contribution in [1.82, 2.24) is 15.6 Å². The van der Waals surface area contributed by atoms with Crippen LogP contribution in [0.3, 0.4) is 0 Å². The number of cyclic esters (lactones) is 1. The highest BCUT2D eigenvalue weighted by atomic mass is 32.1. The van der Waals surface area contributed by atoms with Crippen LogP contribution in [0.15, 0.2) is 11.6 Å². The Morgan fingerprint density at radius 2 is 2.00 bits per heavy atom. The van der Waals surface area contributed by atoms with E-state index >= 15 is 0 Å². The van der Waals surface area contributed by atoms with Crippen LogP contribution < -0.4 is 15.4 Å². The quantitative estimate of drug-likeness (QED) is 0.719. The molecule has 0 aromatic carbocycles. The number of aromatic nitrogens is 1. The van der Waals surface area contributed by atoms with Gasteiger partial charge in [0, 0.05) is 23.7 Å². The van der Waals surface area contributed by atoms with Crippen LogP contribution in [0.4, 0.5) is 4.79 Å². The van der Waals surface area contributed by atoms with Crippen molar-refractivity contribution in [2.24, 2.45) is 0 Å². The van der Waals surface area contributed by atoms with Crippen molar-refractivity contribution in [1.29, 1.82) is 0 Å². The van der Waals surface area contributed by atoms with Gasteiger partial charge < -0.3 is 25.2 Å². The summed E-state index contributed by atoms with van der Waals surface area (Å²) in [5.74, 6) is 0. The number of β-amino-alcohol motifs (C(OH)–C–C–N with tert-alkyl or cyclic N) is 1. The molecule has 26 heavy (non-hydrogen) atoms. The van der Waals surface area contributed by atoms with Gasteiger partial charge in [-0.25, -0.2) is 9.78 Å². The molecule has 0 spiro atoms. The fraction of sp³-hybridized carbons (Fsp3) is 0.778. The molecule has 1 unspecified atom stereocenters. The number of hydrogen-bond acceptors (Lipinski definition) is 7. The van der Waals surface area contributed by atoms with Gasteiger partial charge in [-0.05, 0) is 20.8 Å². The molecule has 3 N–H and O–H groups in total. The van der Waals surface area contributed by atoms with Crippen molar-refractivity contribution >= 4 is 17.4 Å². The molecular formula is C18H33N3O4S. The lowest BCUT2D eigenvalue weighted by molar-refractivity contribution is 0.0999. The van der Waals surface area contributed by atoms with Crippen molar-refractivity contribution in [2.75, 3.05) is 26.3 Å². The molecule has 2 aliphatic rings. The first-order chi connectivity index (χ1) is 12.4. The summed E-state index contributed by atoms with van der Waals surface area (Å²) in [6, 6.07) is 0. The van der Waals surface area contributed by atoms with Crippen LogP contribution in [-0.4, -0.2) is 54.1 Å². The number of alkyl carbamates (subject to hydrolysis) is 1. The fourth-order valence-electron chi connectivity index (χ4n) is 2.16. The van der Waals surface area contributed by atoms with E-state index in [1.165, 1.54) is 43.4 Å².